The first-order valence-corrected chi connectivity index (χ1v) is 10.7. The highest BCUT2D eigenvalue weighted by Gasteiger charge is 2.45. The summed E-state index contributed by atoms with van der Waals surface area (Å²) < 4.78 is 11.0. The molecule has 3 heterocycles. The molecule has 0 aliphatic carbocycles. The second-order valence-corrected chi connectivity index (χ2v) is 8.71. The van der Waals surface area contributed by atoms with Gasteiger partial charge in [0.25, 0.3) is 5.91 Å². The molecule has 1 aromatic carbocycles. The van der Waals surface area contributed by atoms with Gasteiger partial charge in [-0.1, -0.05) is 12.1 Å². The SMILES string of the molecule is COc1ccc(C2C(C(=O)c3sc(C)nc3C)=C(O)C(=O)N2CC2CCCO2)cc1. The molecule has 8 heteroatoms. The number of rotatable bonds is 6. The van der Waals surface area contributed by atoms with Gasteiger partial charge in [0, 0.05) is 13.2 Å². The van der Waals surface area contributed by atoms with Crippen LogP contribution < -0.4 is 4.74 Å². The maximum Gasteiger partial charge on any atom is 0.290 e. The van der Waals surface area contributed by atoms with Crippen molar-refractivity contribution in [1.29, 1.82) is 0 Å². The van der Waals surface area contributed by atoms with Gasteiger partial charge in [-0.3, -0.25) is 9.59 Å². The van der Waals surface area contributed by atoms with E-state index in [-0.39, 0.29) is 17.5 Å². The average Bonchev–Trinajstić information content (AvgIpc) is 3.43. The van der Waals surface area contributed by atoms with Crippen molar-refractivity contribution >= 4 is 23.0 Å². The number of ketones is 1. The molecule has 158 valence electrons. The van der Waals surface area contributed by atoms with E-state index in [0.29, 0.717) is 29.5 Å². The largest absolute Gasteiger partial charge is 0.503 e. The minimum absolute atomic E-state index is 0.0925. The van der Waals surface area contributed by atoms with Crippen molar-refractivity contribution in [3.05, 3.63) is 56.7 Å². The fourth-order valence-electron chi connectivity index (χ4n) is 4.08. The van der Waals surface area contributed by atoms with E-state index >= 15 is 0 Å². The number of aliphatic hydroxyl groups excluding tert-OH is 1. The number of ether oxygens (including phenoxy) is 2. The number of amides is 1. The van der Waals surface area contributed by atoms with Crippen molar-refractivity contribution in [2.45, 2.75) is 38.8 Å². The molecular formula is C22H24N2O5S. The molecule has 2 atom stereocenters. The second kappa shape index (κ2) is 8.20. The maximum absolute atomic E-state index is 13.4. The second-order valence-electron chi connectivity index (χ2n) is 7.51. The van der Waals surface area contributed by atoms with E-state index in [2.05, 4.69) is 4.98 Å². The number of carbonyl (C=O) groups is 2. The summed E-state index contributed by atoms with van der Waals surface area (Å²) in [5, 5.41) is 11.5. The number of aromatic nitrogens is 1. The zero-order valence-electron chi connectivity index (χ0n) is 17.2. The van der Waals surface area contributed by atoms with Crippen LogP contribution in [0.1, 0.15) is 44.8 Å². The van der Waals surface area contributed by atoms with Crippen LogP contribution in [0, 0.1) is 13.8 Å². The highest BCUT2D eigenvalue weighted by Crippen LogP contribution is 2.41. The zero-order chi connectivity index (χ0) is 21.4. The van der Waals surface area contributed by atoms with E-state index in [1.54, 1.807) is 31.1 Å². The number of benzene rings is 1. The Hall–Kier alpha value is -2.71. The average molecular weight is 429 g/mol. The minimum Gasteiger partial charge on any atom is -0.503 e. The summed E-state index contributed by atoms with van der Waals surface area (Å²) in [6, 6.07) is 6.50. The smallest absolute Gasteiger partial charge is 0.290 e. The third kappa shape index (κ3) is 3.61. The van der Waals surface area contributed by atoms with Crippen LogP contribution >= 0.6 is 11.3 Å². The number of Topliss-reactive ketones (excluding diaryl/α,β-unsaturated/α-hetero) is 1. The number of hydrogen-bond donors (Lipinski definition) is 1. The van der Waals surface area contributed by atoms with Gasteiger partial charge in [0.2, 0.25) is 5.78 Å². The predicted octanol–water partition coefficient (Wildman–Crippen LogP) is 3.53. The van der Waals surface area contributed by atoms with Crippen molar-refractivity contribution in [2.24, 2.45) is 0 Å². The lowest BCUT2D eigenvalue weighted by Gasteiger charge is -2.29. The lowest BCUT2D eigenvalue weighted by atomic mass is 9.94. The van der Waals surface area contributed by atoms with Crippen molar-refractivity contribution in [1.82, 2.24) is 9.88 Å². The Balaban J connectivity index is 1.77. The summed E-state index contributed by atoms with van der Waals surface area (Å²) in [6.45, 7) is 4.56. The Morgan fingerprint density at radius 2 is 2.07 bits per heavy atom. The first-order chi connectivity index (χ1) is 14.4. The molecule has 2 aliphatic heterocycles. The van der Waals surface area contributed by atoms with E-state index in [0.717, 1.165) is 23.4 Å². The molecule has 1 fully saturated rings. The van der Waals surface area contributed by atoms with Crippen LogP contribution in [-0.4, -0.2) is 53.0 Å². The first kappa shape index (κ1) is 20.6. The molecule has 2 aliphatic rings. The van der Waals surface area contributed by atoms with Gasteiger partial charge in [-0.25, -0.2) is 4.98 Å². The molecule has 1 saturated heterocycles. The Labute approximate surface area is 178 Å². The number of aliphatic hydroxyl groups is 1. The van der Waals surface area contributed by atoms with E-state index < -0.39 is 17.7 Å². The molecule has 1 aromatic heterocycles. The van der Waals surface area contributed by atoms with Crippen LogP contribution in [0.25, 0.3) is 0 Å². The molecule has 30 heavy (non-hydrogen) atoms. The van der Waals surface area contributed by atoms with Gasteiger partial charge >= 0.3 is 0 Å². The maximum atomic E-state index is 13.4. The molecule has 2 unspecified atom stereocenters. The van der Waals surface area contributed by atoms with Gasteiger partial charge in [-0.15, -0.1) is 11.3 Å². The van der Waals surface area contributed by atoms with Crippen LogP contribution in [0.5, 0.6) is 5.75 Å². The number of carbonyl (C=O) groups excluding carboxylic acids is 2. The molecule has 0 bridgehead atoms. The van der Waals surface area contributed by atoms with Crippen molar-refractivity contribution in [2.75, 3.05) is 20.3 Å². The molecule has 1 N–H and O–H groups in total. The topological polar surface area (TPSA) is 89.0 Å². The van der Waals surface area contributed by atoms with Gasteiger partial charge in [0.15, 0.2) is 5.76 Å². The normalized spacial score (nSPS) is 21.6. The summed E-state index contributed by atoms with van der Waals surface area (Å²) >= 11 is 1.27. The summed E-state index contributed by atoms with van der Waals surface area (Å²) in [5.74, 6) is -0.735. The molecule has 7 nitrogen and oxygen atoms in total. The van der Waals surface area contributed by atoms with Crippen molar-refractivity contribution in [3.8, 4) is 5.75 Å². The fraction of sp³-hybridized carbons (Fsp3) is 0.409. The lowest BCUT2D eigenvalue weighted by molar-refractivity contribution is -0.131. The van der Waals surface area contributed by atoms with Crippen LogP contribution in [0.2, 0.25) is 0 Å². The summed E-state index contributed by atoms with van der Waals surface area (Å²) in [6.07, 6.45) is 1.67. The van der Waals surface area contributed by atoms with E-state index in [1.807, 2.05) is 19.1 Å². The van der Waals surface area contributed by atoms with Crippen molar-refractivity contribution < 1.29 is 24.2 Å². The first-order valence-electron chi connectivity index (χ1n) is 9.89. The molecular weight excluding hydrogens is 404 g/mol. The quantitative estimate of drug-likeness (QED) is 0.708. The number of nitrogens with zero attached hydrogens (tertiary/aromatic N) is 2. The Morgan fingerprint density at radius 3 is 2.63 bits per heavy atom. The highest BCUT2D eigenvalue weighted by atomic mass is 32.1. The molecule has 0 saturated carbocycles. The van der Waals surface area contributed by atoms with E-state index in [9.17, 15) is 14.7 Å². The molecule has 4 rings (SSSR count). The van der Waals surface area contributed by atoms with E-state index in [1.165, 1.54) is 11.3 Å². The predicted molar refractivity (Wildman–Crippen MR) is 112 cm³/mol. The van der Waals surface area contributed by atoms with Gasteiger partial charge in [0.05, 0.1) is 40.4 Å². The van der Waals surface area contributed by atoms with Gasteiger partial charge in [0.1, 0.15) is 5.75 Å². The van der Waals surface area contributed by atoms with Crippen LogP contribution in [-0.2, 0) is 9.53 Å². The molecule has 0 spiro atoms. The zero-order valence-corrected chi connectivity index (χ0v) is 18.0. The summed E-state index contributed by atoms with van der Waals surface area (Å²) in [5.41, 5.74) is 1.42. The number of methoxy groups -OCH3 is 1. The highest BCUT2D eigenvalue weighted by molar-refractivity contribution is 7.14. The van der Waals surface area contributed by atoms with Crippen LogP contribution in [0.15, 0.2) is 35.6 Å². The van der Waals surface area contributed by atoms with Gasteiger partial charge in [-0.05, 0) is 44.4 Å². The number of hydrogen-bond acceptors (Lipinski definition) is 7. The van der Waals surface area contributed by atoms with Crippen LogP contribution in [0.3, 0.4) is 0 Å². The van der Waals surface area contributed by atoms with Crippen molar-refractivity contribution in [3.63, 3.8) is 0 Å². The molecule has 2 aromatic rings. The Morgan fingerprint density at radius 1 is 1.33 bits per heavy atom. The standard InChI is InChI=1S/C22H24N2O5S/c1-12-21(30-13(2)23-12)19(25)17-18(14-6-8-15(28-3)9-7-14)24(22(27)20(17)26)11-16-5-4-10-29-16/h6-9,16,18,26H,4-5,10-11H2,1-3H3. The van der Waals surface area contributed by atoms with Gasteiger partial charge in [-0.2, -0.15) is 0 Å². The monoisotopic (exact) mass is 428 g/mol. The summed E-state index contributed by atoms with van der Waals surface area (Å²) in [4.78, 5) is 32.8. The number of thiazole rings is 1. The molecule has 1 amide bonds. The lowest BCUT2D eigenvalue weighted by Crippen LogP contribution is -2.37. The Bertz CT molecular complexity index is 1010. The molecule has 0 radical (unpaired) electrons. The third-order valence-electron chi connectivity index (χ3n) is 5.51. The Kier molecular flexibility index (Phi) is 5.62. The fourth-order valence-corrected chi connectivity index (χ4v) is 4.95. The van der Waals surface area contributed by atoms with E-state index in [4.69, 9.17) is 9.47 Å². The third-order valence-corrected chi connectivity index (χ3v) is 6.59. The van der Waals surface area contributed by atoms with Gasteiger partial charge < -0.3 is 19.5 Å². The summed E-state index contributed by atoms with van der Waals surface area (Å²) in [7, 11) is 1.58. The van der Waals surface area contributed by atoms with Crippen LogP contribution in [0.4, 0.5) is 0 Å². The minimum atomic E-state index is -0.693. The number of aryl methyl sites for hydroxylation is 2.